The molecule has 2 atom stereocenters. The van der Waals surface area contributed by atoms with Crippen molar-refractivity contribution in [1.29, 1.82) is 0 Å². The fraction of sp³-hybridized carbons (Fsp3) is 0.400. The normalized spacial score (nSPS) is 15.8. The SMILES string of the molecule is C=CO[C@@H](N)[C@H](N)[I-][NH+]=C. The summed E-state index contributed by atoms with van der Waals surface area (Å²) in [4.78, 5) is 0. The zero-order valence-electron chi connectivity index (χ0n) is 5.59. The molecule has 0 heterocycles. The van der Waals surface area contributed by atoms with Crippen LogP contribution >= 0.6 is 0 Å². The van der Waals surface area contributed by atoms with Gasteiger partial charge >= 0.3 is 70.7 Å². The van der Waals surface area contributed by atoms with Gasteiger partial charge < -0.3 is 0 Å². The summed E-state index contributed by atoms with van der Waals surface area (Å²) in [7, 11) is 0. The Morgan fingerprint density at radius 3 is 2.60 bits per heavy atom. The zero-order valence-corrected chi connectivity index (χ0v) is 7.74. The van der Waals surface area contributed by atoms with Crippen molar-refractivity contribution in [3.63, 3.8) is 0 Å². The van der Waals surface area contributed by atoms with Crippen molar-refractivity contribution in [3.05, 3.63) is 12.8 Å². The first kappa shape index (κ1) is 9.86. The zero-order chi connectivity index (χ0) is 7.98. The molecule has 0 aliphatic heterocycles. The third-order valence-corrected chi connectivity index (χ3v) is 2.64. The second-order valence-corrected chi connectivity index (χ2v) is 4.28. The van der Waals surface area contributed by atoms with Crippen LogP contribution in [-0.4, -0.2) is 17.0 Å². The maximum atomic E-state index is 5.56. The summed E-state index contributed by atoms with van der Waals surface area (Å²) >= 11 is -0.369. The molecule has 0 fully saturated rings. The van der Waals surface area contributed by atoms with E-state index in [0.717, 1.165) is 0 Å². The quantitative estimate of drug-likeness (QED) is 0.0874. The van der Waals surface area contributed by atoms with Crippen molar-refractivity contribution < 1.29 is 29.4 Å². The molecule has 5 N–H and O–H groups in total. The van der Waals surface area contributed by atoms with Gasteiger partial charge in [0.1, 0.15) is 0 Å². The molecule has 0 amide bonds. The van der Waals surface area contributed by atoms with E-state index in [1.807, 2.05) is 0 Å². The van der Waals surface area contributed by atoms with Crippen LogP contribution in [0.1, 0.15) is 0 Å². The molecule has 0 unspecified atom stereocenters. The van der Waals surface area contributed by atoms with Crippen LogP contribution in [0.4, 0.5) is 0 Å². The van der Waals surface area contributed by atoms with Gasteiger partial charge in [0, 0.05) is 0 Å². The molecule has 0 aliphatic carbocycles. The number of nitrogens with two attached hydrogens (primary N) is 2. The maximum absolute atomic E-state index is 5.56. The third kappa shape index (κ3) is 3.80. The van der Waals surface area contributed by atoms with Crippen LogP contribution in [-0.2, 0) is 4.74 Å². The minimum absolute atomic E-state index is 0.144. The van der Waals surface area contributed by atoms with E-state index < -0.39 is 6.23 Å². The van der Waals surface area contributed by atoms with E-state index in [1.165, 1.54) is 6.26 Å². The Balaban J connectivity index is 3.56. The van der Waals surface area contributed by atoms with Crippen molar-refractivity contribution in [3.8, 4) is 0 Å². The van der Waals surface area contributed by atoms with Crippen LogP contribution in [0, 0.1) is 0 Å². The first-order valence-electron chi connectivity index (χ1n) is 2.64. The van der Waals surface area contributed by atoms with Crippen LogP contribution in [0.5, 0.6) is 0 Å². The van der Waals surface area contributed by atoms with Crippen molar-refractivity contribution >= 4 is 6.72 Å². The van der Waals surface area contributed by atoms with Gasteiger partial charge in [-0.3, -0.25) is 0 Å². The van der Waals surface area contributed by atoms with Gasteiger partial charge in [-0.2, -0.15) is 0 Å². The number of hydrogen-bond donors (Lipinski definition) is 3. The van der Waals surface area contributed by atoms with Crippen LogP contribution in [0.15, 0.2) is 12.8 Å². The molecule has 0 aromatic rings. The van der Waals surface area contributed by atoms with Crippen LogP contribution < -0.4 is 36.2 Å². The monoisotopic (exact) mass is 257 g/mol. The van der Waals surface area contributed by atoms with Crippen molar-refractivity contribution in [1.82, 2.24) is 0 Å². The third-order valence-electron chi connectivity index (χ3n) is 0.770. The molecule has 0 aromatic carbocycles. The number of ether oxygens (including phenoxy) is 1. The molecule has 0 radical (unpaired) electrons. The predicted molar refractivity (Wildman–Crippen MR) is 35.3 cm³/mol. The molecular formula is C5H12IN3O. The van der Waals surface area contributed by atoms with Gasteiger partial charge in [-0.25, -0.2) is 0 Å². The number of halogens is 1. The Morgan fingerprint density at radius 2 is 2.20 bits per heavy atom. The topological polar surface area (TPSA) is 75.2 Å². The van der Waals surface area contributed by atoms with Crippen molar-refractivity contribution in [2.24, 2.45) is 11.5 Å². The van der Waals surface area contributed by atoms with Gasteiger partial charge in [-0.05, 0) is 0 Å². The summed E-state index contributed by atoms with van der Waals surface area (Å²) < 4.78 is 7.44. The Morgan fingerprint density at radius 1 is 1.60 bits per heavy atom. The Bertz CT molecular complexity index is 105. The molecule has 4 nitrogen and oxygen atoms in total. The molecule has 0 bridgehead atoms. The van der Waals surface area contributed by atoms with Crippen LogP contribution in [0.3, 0.4) is 0 Å². The Kier molecular flexibility index (Phi) is 5.55. The van der Waals surface area contributed by atoms with Gasteiger partial charge in [0.15, 0.2) is 0 Å². The predicted octanol–water partition coefficient (Wildman–Crippen LogP) is -5.50. The van der Waals surface area contributed by atoms with Gasteiger partial charge in [-0.1, -0.05) is 0 Å². The van der Waals surface area contributed by atoms with E-state index in [1.54, 1.807) is 0 Å². The van der Waals surface area contributed by atoms with E-state index in [2.05, 4.69) is 16.5 Å². The summed E-state index contributed by atoms with van der Waals surface area (Å²) in [5.41, 5.74) is 11.0. The molecule has 0 aromatic heterocycles. The number of hydrogen-bond acceptors (Lipinski definition) is 3. The Labute approximate surface area is 70.9 Å². The average molecular weight is 257 g/mol. The standard InChI is InChI=1S/C5H12IN3O/c1-3-10-5(8)4(7)6-9-2/h3-5,9H,1-2,7-8H2/t4-,5+/m0/s1. The summed E-state index contributed by atoms with van der Waals surface area (Å²) in [5.74, 6) is 0. The molecule has 0 saturated carbocycles. The second kappa shape index (κ2) is 5.63. The van der Waals surface area contributed by atoms with E-state index in [-0.39, 0.29) is 25.5 Å². The number of nitrogens with one attached hydrogen (secondary N) is 1. The fourth-order valence-electron chi connectivity index (χ4n) is 0.337. The summed E-state index contributed by atoms with van der Waals surface area (Å²) in [5, 5.41) is 0. The van der Waals surface area contributed by atoms with E-state index in [0.29, 0.717) is 0 Å². The van der Waals surface area contributed by atoms with Crippen molar-refractivity contribution in [2.45, 2.75) is 10.3 Å². The van der Waals surface area contributed by atoms with E-state index >= 15 is 0 Å². The molecule has 60 valence electrons. The number of rotatable bonds is 5. The van der Waals surface area contributed by atoms with Gasteiger partial charge in [-0.15, -0.1) is 0 Å². The summed E-state index contributed by atoms with van der Waals surface area (Å²) in [6.07, 6.45) is 0.830. The van der Waals surface area contributed by atoms with Gasteiger partial charge in [0.25, 0.3) is 0 Å². The van der Waals surface area contributed by atoms with Crippen molar-refractivity contribution in [2.75, 3.05) is 0 Å². The molecule has 0 aliphatic rings. The second-order valence-electron chi connectivity index (χ2n) is 1.45. The average Bonchev–Trinajstić information content (AvgIpc) is 1.89. The van der Waals surface area contributed by atoms with E-state index in [4.69, 9.17) is 16.2 Å². The molecular weight excluding hydrogens is 245 g/mol. The molecule has 0 spiro atoms. The number of alkyl halides is 1. The minimum atomic E-state index is -0.459. The van der Waals surface area contributed by atoms with Crippen LogP contribution in [0.25, 0.3) is 0 Å². The van der Waals surface area contributed by atoms with Crippen LogP contribution in [0.2, 0.25) is 0 Å². The van der Waals surface area contributed by atoms with E-state index in [9.17, 15) is 0 Å². The first-order chi connectivity index (χ1) is 4.72. The molecule has 5 heteroatoms. The van der Waals surface area contributed by atoms with Gasteiger partial charge in [0.05, 0.1) is 0 Å². The molecule has 0 rings (SSSR count). The molecule has 10 heavy (non-hydrogen) atoms. The fourth-order valence-corrected chi connectivity index (χ4v) is 1.37. The van der Waals surface area contributed by atoms with Gasteiger partial charge in [0.2, 0.25) is 0 Å². The summed E-state index contributed by atoms with van der Waals surface area (Å²) in [6, 6.07) is 0. The summed E-state index contributed by atoms with van der Waals surface area (Å²) in [6.45, 7) is 6.81. The first-order valence-corrected chi connectivity index (χ1v) is 4.96. The Hall–Kier alpha value is -0.140. The molecule has 0 saturated heterocycles.